The number of anilines is 1. The molecule has 0 aliphatic carbocycles. The number of benzene rings is 1. The van der Waals surface area contributed by atoms with Crippen LogP contribution in [0.2, 0.25) is 0 Å². The van der Waals surface area contributed by atoms with Crippen molar-refractivity contribution in [3.63, 3.8) is 0 Å². The monoisotopic (exact) mass is 341 g/mol. The number of amides is 1. The van der Waals surface area contributed by atoms with Gasteiger partial charge in [0.2, 0.25) is 5.91 Å². The third-order valence-corrected chi connectivity index (χ3v) is 2.98. The van der Waals surface area contributed by atoms with Crippen LogP contribution in [0.25, 0.3) is 0 Å². The van der Waals surface area contributed by atoms with Gasteiger partial charge < -0.3 is 4.90 Å². The molecular formula is C10H7F3INO. The summed E-state index contributed by atoms with van der Waals surface area (Å²) in [5.74, 6) is -0.491. The fourth-order valence-corrected chi connectivity index (χ4v) is 2.26. The fraction of sp³-hybridized carbons (Fsp3) is 0.300. The highest BCUT2D eigenvalue weighted by Crippen LogP contribution is 2.32. The minimum absolute atomic E-state index is 0.0578. The minimum atomic E-state index is -4.36. The molecule has 0 saturated heterocycles. The Balaban J connectivity index is 2.33. The van der Waals surface area contributed by atoms with E-state index in [1.807, 2.05) is 0 Å². The molecule has 1 aliphatic heterocycles. The van der Waals surface area contributed by atoms with E-state index in [-0.39, 0.29) is 6.42 Å². The molecular weight excluding hydrogens is 334 g/mol. The van der Waals surface area contributed by atoms with Crippen LogP contribution in [0.1, 0.15) is 5.56 Å². The molecule has 1 heterocycles. The van der Waals surface area contributed by atoms with Gasteiger partial charge in [0, 0.05) is 9.26 Å². The van der Waals surface area contributed by atoms with Gasteiger partial charge in [0.25, 0.3) is 0 Å². The number of nitrogens with zero attached hydrogens (tertiary/aromatic N) is 1. The molecule has 6 heteroatoms. The summed E-state index contributed by atoms with van der Waals surface area (Å²) in [6.07, 6.45) is -4.30. The Hall–Kier alpha value is -0.790. The van der Waals surface area contributed by atoms with Crippen molar-refractivity contribution in [3.05, 3.63) is 27.3 Å². The molecule has 0 aromatic heterocycles. The molecule has 0 radical (unpaired) electrons. The van der Waals surface area contributed by atoms with Crippen molar-refractivity contribution in [2.24, 2.45) is 0 Å². The van der Waals surface area contributed by atoms with E-state index in [2.05, 4.69) is 22.6 Å². The summed E-state index contributed by atoms with van der Waals surface area (Å²) in [6, 6.07) is 5.00. The lowest BCUT2D eigenvalue weighted by Gasteiger charge is -2.19. The van der Waals surface area contributed by atoms with Gasteiger partial charge in [-0.25, -0.2) is 0 Å². The zero-order valence-electron chi connectivity index (χ0n) is 8.01. The molecule has 0 atom stereocenters. The molecule has 1 aromatic carbocycles. The van der Waals surface area contributed by atoms with Crippen molar-refractivity contribution in [2.75, 3.05) is 11.4 Å². The van der Waals surface area contributed by atoms with Gasteiger partial charge in [0.1, 0.15) is 6.54 Å². The average molecular weight is 341 g/mol. The first-order valence-electron chi connectivity index (χ1n) is 4.52. The number of hydrogen-bond acceptors (Lipinski definition) is 1. The second-order valence-electron chi connectivity index (χ2n) is 3.54. The summed E-state index contributed by atoms with van der Waals surface area (Å²) in [5.41, 5.74) is 1.05. The number of carbonyl (C=O) groups excluding carboxylic acids is 1. The molecule has 1 amide bonds. The molecule has 0 N–H and O–H groups in total. The number of hydrogen-bond donors (Lipinski definition) is 0. The first-order chi connectivity index (χ1) is 7.37. The summed E-state index contributed by atoms with van der Waals surface area (Å²) in [6.45, 7) is -1.21. The van der Waals surface area contributed by atoms with E-state index in [0.29, 0.717) is 11.3 Å². The Morgan fingerprint density at radius 2 is 2.06 bits per heavy atom. The van der Waals surface area contributed by atoms with E-state index in [0.717, 1.165) is 8.47 Å². The van der Waals surface area contributed by atoms with E-state index in [1.165, 1.54) is 0 Å². The average Bonchev–Trinajstić information content (AvgIpc) is 2.40. The van der Waals surface area contributed by atoms with E-state index < -0.39 is 18.6 Å². The smallest absolute Gasteiger partial charge is 0.303 e. The maximum absolute atomic E-state index is 12.3. The lowest BCUT2D eigenvalue weighted by atomic mass is 10.2. The predicted molar refractivity (Wildman–Crippen MR) is 61.3 cm³/mol. The second kappa shape index (κ2) is 3.90. The quantitative estimate of drug-likeness (QED) is 0.720. The number of carbonyl (C=O) groups is 1. The first kappa shape index (κ1) is 11.7. The van der Waals surface area contributed by atoms with Crippen molar-refractivity contribution in [3.8, 4) is 0 Å². The lowest BCUT2D eigenvalue weighted by molar-refractivity contribution is -0.131. The summed E-state index contributed by atoms with van der Waals surface area (Å²) in [7, 11) is 0. The van der Waals surface area contributed by atoms with Crippen LogP contribution in [0.4, 0.5) is 18.9 Å². The highest BCUT2D eigenvalue weighted by atomic mass is 127. The fourth-order valence-electron chi connectivity index (χ4n) is 1.70. The highest BCUT2D eigenvalue weighted by molar-refractivity contribution is 14.1. The van der Waals surface area contributed by atoms with Gasteiger partial charge in [-0.1, -0.05) is 0 Å². The Kier molecular flexibility index (Phi) is 2.85. The molecule has 0 unspecified atom stereocenters. The topological polar surface area (TPSA) is 20.3 Å². The maximum atomic E-state index is 12.3. The molecule has 1 aromatic rings. The third-order valence-electron chi connectivity index (χ3n) is 2.31. The van der Waals surface area contributed by atoms with E-state index in [1.54, 1.807) is 18.2 Å². The van der Waals surface area contributed by atoms with Crippen LogP contribution in [0, 0.1) is 3.57 Å². The minimum Gasteiger partial charge on any atom is -0.303 e. The molecule has 86 valence electrons. The van der Waals surface area contributed by atoms with Crippen LogP contribution in [0.3, 0.4) is 0 Å². The highest BCUT2D eigenvalue weighted by Gasteiger charge is 2.37. The van der Waals surface area contributed by atoms with Gasteiger partial charge >= 0.3 is 6.18 Å². The van der Waals surface area contributed by atoms with E-state index in [9.17, 15) is 18.0 Å². The van der Waals surface area contributed by atoms with Gasteiger partial charge in [-0.15, -0.1) is 0 Å². The van der Waals surface area contributed by atoms with E-state index >= 15 is 0 Å². The Morgan fingerprint density at radius 1 is 1.38 bits per heavy atom. The summed E-state index contributed by atoms with van der Waals surface area (Å²) in [5, 5.41) is 0. The first-order valence-corrected chi connectivity index (χ1v) is 5.60. The molecule has 2 rings (SSSR count). The molecule has 2 nitrogen and oxygen atoms in total. The summed E-state index contributed by atoms with van der Waals surface area (Å²) >= 11 is 2.06. The number of alkyl halides is 3. The van der Waals surface area contributed by atoms with Gasteiger partial charge in [0.05, 0.1) is 6.42 Å². The standard InChI is InChI=1S/C10H7F3INO/c11-10(12,13)5-15-8-2-1-7(14)3-6(8)4-9(15)16/h1-3H,4-5H2. The third kappa shape index (κ3) is 2.31. The zero-order valence-corrected chi connectivity index (χ0v) is 10.2. The Morgan fingerprint density at radius 3 is 2.69 bits per heavy atom. The second-order valence-corrected chi connectivity index (χ2v) is 4.79. The Labute approximate surface area is 104 Å². The van der Waals surface area contributed by atoms with Crippen LogP contribution in [0.15, 0.2) is 18.2 Å². The van der Waals surface area contributed by atoms with Crippen molar-refractivity contribution in [1.82, 2.24) is 0 Å². The molecule has 0 bridgehead atoms. The summed E-state index contributed by atoms with van der Waals surface area (Å²) in [4.78, 5) is 12.2. The SMILES string of the molecule is O=C1Cc2cc(I)ccc2N1CC(F)(F)F. The molecule has 0 spiro atoms. The van der Waals surface area contributed by atoms with Crippen molar-refractivity contribution in [2.45, 2.75) is 12.6 Å². The Bertz CT molecular complexity index is 444. The van der Waals surface area contributed by atoms with Gasteiger partial charge in [-0.05, 0) is 46.4 Å². The van der Waals surface area contributed by atoms with Crippen molar-refractivity contribution >= 4 is 34.2 Å². The van der Waals surface area contributed by atoms with Gasteiger partial charge in [-0.3, -0.25) is 4.79 Å². The number of rotatable bonds is 1. The van der Waals surface area contributed by atoms with E-state index in [4.69, 9.17) is 0 Å². The van der Waals surface area contributed by atoms with Gasteiger partial charge in [-0.2, -0.15) is 13.2 Å². The van der Waals surface area contributed by atoms with Crippen LogP contribution in [0.5, 0.6) is 0 Å². The molecule has 0 fully saturated rings. The van der Waals surface area contributed by atoms with Crippen molar-refractivity contribution < 1.29 is 18.0 Å². The summed E-state index contributed by atoms with van der Waals surface area (Å²) < 4.78 is 37.7. The van der Waals surface area contributed by atoms with Crippen molar-refractivity contribution in [1.29, 1.82) is 0 Å². The molecule has 0 saturated carbocycles. The van der Waals surface area contributed by atoms with Crippen LogP contribution in [-0.2, 0) is 11.2 Å². The molecule has 16 heavy (non-hydrogen) atoms. The lowest BCUT2D eigenvalue weighted by Crippen LogP contribution is -2.36. The number of fused-ring (bicyclic) bond motifs is 1. The van der Waals surface area contributed by atoms with Crippen LogP contribution < -0.4 is 4.90 Å². The molecule has 1 aliphatic rings. The largest absolute Gasteiger partial charge is 0.406 e. The predicted octanol–water partition coefficient (Wildman–Crippen LogP) is 2.74. The zero-order chi connectivity index (χ0) is 11.9. The normalized spacial score (nSPS) is 15.5. The number of halogens is 4. The van der Waals surface area contributed by atoms with Gasteiger partial charge in [0.15, 0.2) is 0 Å². The van der Waals surface area contributed by atoms with Crippen LogP contribution >= 0.6 is 22.6 Å². The van der Waals surface area contributed by atoms with Crippen LogP contribution in [-0.4, -0.2) is 18.6 Å². The maximum Gasteiger partial charge on any atom is 0.406 e.